The molecule has 0 amide bonds. The fraction of sp³-hybridized carbons (Fsp3) is 0.786. The van der Waals surface area contributed by atoms with Gasteiger partial charge in [0.2, 0.25) is 0 Å². The summed E-state index contributed by atoms with van der Waals surface area (Å²) in [5, 5.41) is 49.4. The number of rotatable bonds is 5. The van der Waals surface area contributed by atoms with E-state index in [4.69, 9.17) is 20.3 Å². The quantitative estimate of drug-likeness (QED) is 0.233. The molecular formula is C14H25NO8. The minimum absolute atomic E-state index is 0.0464. The molecule has 1 aliphatic heterocycles. The average Bonchev–Trinajstić information content (AvgIpc) is 2.49. The first-order valence-corrected chi connectivity index (χ1v) is 7.27. The summed E-state index contributed by atoms with van der Waals surface area (Å²) < 4.78 is 10.0. The summed E-state index contributed by atoms with van der Waals surface area (Å²) in [6, 6.07) is -1.24. The second-order valence-corrected chi connectivity index (χ2v) is 5.62. The number of esters is 1. The first kappa shape index (κ1) is 20.0. The Bertz CT molecular complexity index is 464. The first-order valence-electron chi connectivity index (χ1n) is 7.27. The summed E-state index contributed by atoms with van der Waals surface area (Å²) >= 11 is 0. The molecule has 23 heavy (non-hydrogen) atoms. The van der Waals surface area contributed by atoms with Gasteiger partial charge in [0.25, 0.3) is 5.79 Å². The van der Waals surface area contributed by atoms with Crippen molar-refractivity contribution in [2.75, 3.05) is 13.2 Å². The van der Waals surface area contributed by atoms with Crippen molar-refractivity contribution in [1.29, 1.82) is 0 Å². The first-order chi connectivity index (χ1) is 10.6. The Hall–Kier alpha value is -1.07. The number of carbonyl (C=O) groups excluding carboxylic acids is 1. The molecule has 1 fully saturated rings. The molecule has 0 aliphatic carbocycles. The van der Waals surface area contributed by atoms with Crippen LogP contribution in [-0.4, -0.2) is 81.0 Å². The van der Waals surface area contributed by atoms with Crippen molar-refractivity contribution in [2.45, 2.75) is 57.0 Å². The second kappa shape index (κ2) is 7.67. The van der Waals surface area contributed by atoms with E-state index in [1.807, 2.05) is 0 Å². The van der Waals surface area contributed by atoms with E-state index in [-0.39, 0.29) is 12.2 Å². The third-order valence-electron chi connectivity index (χ3n) is 3.72. The van der Waals surface area contributed by atoms with Crippen LogP contribution < -0.4 is 5.73 Å². The lowest BCUT2D eigenvalue weighted by Crippen LogP contribution is -2.67. The molecule has 0 aromatic rings. The van der Waals surface area contributed by atoms with Crippen molar-refractivity contribution in [3.63, 3.8) is 0 Å². The number of hydrogen-bond donors (Lipinski definition) is 6. The molecule has 9 nitrogen and oxygen atoms in total. The van der Waals surface area contributed by atoms with Gasteiger partial charge in [-0.25, -0.2) is 4.79 Å². The van der Waals surface area contributed by atoms with Crippen molar-refractivity contribution in [1.82, 2.24) is 0 Å². The molecular weight excluding hydrogens is 310 g/mol. The molecule has 1 saturated heterocycles. The molecule has 134 valence electrons. The van der Waals surface area contributed by atoms with Crippen LogP contribution >= 0.6 is 0 Å². The zero-order chi connectivity index (χ0) is 17.9. The lowest BCUT2D eigenvalue weighted by atomic mass is 9.83. The molecule has 1 heterocycles. The standard InChI is InChI=1S/C14H25NO8/c1-4-22-13(20)14(21)8(6(2)3)11(19)9(15)12(23-14)10(18)7(17)5-16/h7,9-12,16-19,21H,4-5,15H2,1-3H3/t7?,9-,10?,11+,12-,14?/m1/s1. The number of allylic oxidation sites excluding steroid dienone is 1. The van der Waals surface area contributed by atoms with E-state index in [1.165, 1.54) is 20.8 Å². The number of hydrogen-bond acceptors (Lipinski definition) is 9. The molecule has 1 rings (SSSR count). The summed E-state index contributed by atoms with van der Waals surface area (Å²) in [6.07, 6.45) is -6.39. The maximum absolute atomic E-state index is 12.1. The van der Waals surface area contributed by atoms with Crippen molar-refractivity contribution in [2.24, 2.45) is 5.73 Å². The van der Waals surface area contributed by atoms with Crippen LogP contribution in [0.15, 0.2) is 11.1 Å². The van der Waals surface area contributed by atoms with Crippen LogP contribution in [0.4, 0.5) is 0 Å². The highest BCUT2D eigenvalue weighted by molar-refractivity contribution is 5.82. The zero-order valence-electron chi connectivity index (χ0n) is 13.3. The van der Waals surface area contributed by atoms with Gasteiger partial charge in [0, 0.05) is 5.57 Å². The van der Waals surface area contributed by atoms with Crippen LogP contribution in [0.1, 0.15) is 20.8 Å². The Morgan fingerprint density at radius 3 is 2.43 bits per heavy atom. The minimum Gasteiger partial charge on any atom is -0.462 e. The van der Waals surface area contributed by atoms with Crippen LogP contribution in [0.2, 0.25) is 0 Å². The number of aliphatic hydroxyl groups is 5. The number of nitrogens with two attached hydrogens (primary N) is 1. The van der Waals surface area contributed by atoms with E-state index in [2.05, 4.69) is 0 Å². The fourth-order valence-corrected chi connectivity index (χ4v) is 2.56. The fourth-order valence-electron chi connectivity index (χ4n) is 2.56. The number of carbonyl (C=O) groups is 1. The normalized spacial score (nSPS) is 34.0. The summed E-state index contributed by atoms with van der Waals surface area (Å²) in [5.74, 6) is -3.82. The van der Waals surface area contributed by atoms with Gasteiger partial charge in [-0.3, -0.25) is 0 Å². The van der Waals surface area contributed by atoms with Crippen LogP contribution in [0.3, 0.4) is 0 Å². The van der Waals surface area contributed by atoms with Gasteiger partial charge < -0.3 is 40.7 Å². The molecule has 6 atom stereocenters. The maximum Gasteiger partial charge on any atom is 0.371 e. The molecule has 7 N–H and O–H groups in total. The summed E-state index contributed by atoms with van der Waals surface area (Å²) in [4.78, 5) is 12.1. The summed E-state index contributed by atoms with van der Waals surface area (Å²) in [7, 11) is 0. The van der Waals surface area contributed by atoms with Gasteiger partial charge in [-0.15, -0.1) is 0 Å². The lowest BCUT2D eigenvalue weighted by Gasteiger charge is -2.45. The van der Waals surface area contributed by atoms with Crippen molar-refractivity contribution in [3.05, 3.63) is 11.1 Å². The van der Waals surface area contributed by atoms with Gasteiger partial charge in [0.05, 0.1) is 25.4 Å². The smallest absolute Gasteiger partial charge is 0.371 e. The van der Waals surface area contributed by atoms with E-state index in [0.717, 1.165) is 0 Å². The lowest BCUT2D eigenvalue weighted by molar-refractivity contribution is -0.269. The van der Waals surface area contributed by atoms with E-state index >= 15 is 0 Å². The van der Waals surface area contributed by atoms with Gasteiger partial charge in [0.15, 0.2) is 0 Å². The van der Waals surface area contributed by atoms with Crippen LogP contribution in [0.25, 0.3) is 0 Å². The topological polar surface area (TPSA) is 163 Å². The second-order valence-electron chi connectivity index (χ2n) is 5.62. The Morgan fingerprint density at radius 2 is 2.00 bits per heavy atom. The van der Waals surface area contributed by atoms with E-state index < -0.39 is 48.8 Å². The van der Waals surface area contributed by atoms with Gasteiger partial charge in [0.1, 0.15) is 18.3 Å². The van der Waals surface area contributed by atoms with Gasteiger partial charge in [-0.1, -0.05) is 5.57 Å². The highest BCUT2D eigenvalue weighted by Gasteiger charge is 2.57. The molecule has 0 saturated carbocycles. The molecule has 0 aromatic heterocycles. The van der Waals surface area contributed by atoms with Crippen molar-refractivity contribution >= 4 is 5.97 Å². The van der Waals surface area contributed by atoms with Crippen LogP contribution in [0.5, 0.6) is 0 Å². The SMILES string of the molecule is CCOC(=O)C1(O)O[C@@H](C(O)C(O)CO)[C@H](N)[C@@H](O)C1=C(C)C. The molecule has 0 aromatic carbocycles. The minimum atomic E-state index is -2.65. The monoisotopic (exact) mass is 335 g/mol. The third-order valence-corrected chi connectivity index (χ3v) is 3.72. The highest BCUT2D eigenvalue weighted by atomic mass is 16.7. The Balaban J connectivity index is 3.30. The van der Waals surface area contributed by atoms with Crippen LogP contribution in [-0.2, 0) is 14.3 Å². The average molecular weight is 335 g/mol. The summed E-state index contributed by atoms with van der Waals surface area (Å²) in [6.45, 7) is 3.76. The number of ether oxygens (including phenoxy) is 2. The van der Waals surface area contributed by atoms with E-state index in [1.54, 1.807) is 0 Å². The van der Waals surface area contributed by atoms with Crippen molar-refractivity contribution < 1.29 is 39.8 Å². The van der Waals surface area contributed by atoms with Crippen molar-refractivity contribution in [3.8, 4) is 0 Å². The highest BCUT2D eigenvalue weighted by Crippen LogP contribution is 2.36. The van der Waals surface area contributed by atoms with Gasteiger partial charge in [-0.05, 0) is 20.8 Å². The third kappa shape index (κ3) is 3.72. The van der Waals surface area contributed by atoms with Gasteiger partial charge >= 0.3 is 5.97 Å². The maximum atomic E-state index is 12.1. The molecule has 0 radical (unpaired) electrons. The molecule has 0 bridgehead atoms. The Kier molecular flexibility index (Phi) is 6.66. The predicted molar refractivity (Wildman–Crippen MR) is 77.9 cm³/mol. The molecule has 1 aliphatic rings. The summed E-state index contributed by atoms with van der Waals surface area (Å²) in [5.41, 5.74) is 6.03. The molecule has 9 heteroatoms. The Morgan fingerprint density at radius 1 is 1.43 bits per heavy atom. The predicted octanol–water partition coefficient (Wildman–Crippen LogP) is -2.62. The molecule has 0 spiro atoms. The van der Waals surface area contributed by atoms with Crippen LogP contribution in [0, 0.1) is 0 Å². The Labute approximate surface area is 133 Å². The van der Waals surface area contributed by atoms with E-state index in [0.29, 0.717) is 5.57 Å². The largest absolute Gasteiger partial charge is 0.462 e. The molecule has 3 unspecified atom stereocenters. The van der Waals surface area contributed by atoms with E-state index in [9.17, 15) is 25.2 Å². The number of aliphatic hydroxyl groups excluding tert-OH is 4. The van der Waals surface area contributed by atoms with Gasteiger partial charge in [-0.2, -0.15) is 0 Å². The zero-order valence-corrected chi connectivity index (χ0v) is 13.3.